The number of nitrogens with one attached hydrogen (secondary N) is 1. The number of carbonyl (C=O) groups excluding carboxylic acids is 1. The monoisotopic (exact) mass is 373 g/mol. The van der Waals surface area contributed by atoms with Gasteiger partial charge < -0.3 is 14.8 Å². The van der Waals surface area contributed by atoms with Crippen LogP contribution in [0.1, 0.15) is 22.8 Å². The summed E-state index contributed by atoms with van der Waals surface area (Å²) in [6.07, 6.45) is 4.14. The van der Waals surface area contributed by atoms with Crippen molar-refractivity contribution < 1.29 is 14.3 Å². The molecule has 0 spiro atoms. The Morgan fingerprint density at radius 2 is 1.43 bits per heavy atom. The van der Waals surface area contributed by atoms with Gasteiger partial charge in [-0.1, -0.05) is 31.2 Å². The molecule has 0 aliphatic carbocycles. The van der Waals surface area contributed by atoms with E-state index < -0.39 is 0 Å². The summed E-state index contributed by atoms with van der Waals surface area (Å²) in [4.78, 5) is 12.2. The molecule has 4 nitrogen and oxygen atoms in total. The van der Waals surface area contributed by atoms with E-state index in [1.165, 1.54) is 11.6 Å². The van der Waals surface area contributed by atoms with Gasteiger partial charge in [0.1, 0.15) is 17.2 Å². The van der Waals surface area contributed by atoms with Gasteiger partial charge in [-0.2, -0.15) is 0 Å². The fraction of sp³-hybridized carbons (Fsp3) is 0.125. The zero-order valence-electron chi connectivity index (χ0n) is 16.0. The lowest BCUT2D eigenvalue weighted by Gasteiger charge is -2.07. The molecule has 1 N–H and O–H groups in total. The Morgan fingerprint density at radius 3 is 2.00 bits per heavy atom. The van der Waals surface area contributed by atoms with Gasteiger partial charge >= 0.3 is 0 Å². The van der Waals surface area contributed by atoms with Crippen LogP contribution >= 0.6 is 0 Å². The number of anilines is 1. The molecule has 142 valence electrons. The molecule has 0 radical (unpaired) electrons. The summed E-state index contributed by atoms with van der Waals surface area (Å²) in [7, 11) is 1.63. The first-order valence-corrected chi connectivity index (χ1v) is 9.16. The zero-order valence-corrected chi connectivity index (χ0v) is 16.0. The van der Waals surface area contributed by atoms with Crippen LogP contribution in [0.5, 0.6) is 17.2 Å². The van der Waals surface area contributed by atoms with Crippen molar-refractivity contribution in [1.82, 2.24) is 0 Å². The Bertz CT molecular complexity index is 927. The summed E-state index contributed by atoms with van der Waals surface area (Å²) in [6.45, 7) is 2.09. The molecule has 0 saturated heterocycles. The average Bonchev–Trinajstić information content (AvgIpc) is 2.75. The molecule has 0 aromatic heterocycles. The fourth-order valence-electron chi connectivity index (χ4n) is 2.61. The Balaban J connectivity index is 1.54. The maximum Gasteiger partial charge on any atom is 0.187 e. The summed E-state index contributed by atoms with van der Waals surface area (Å²) < 4.78 is 10.9. The van der Waals surface area contributed by atoms with E-state index in [1.807, 2.05) is 72.8 Å². The number of ketones is 1. The Morgan fingerprint density at radius 1 is 0.857 bits per heavy atom. The molecule has 0 aliphatic heterocycles. The van der Waals surface area contributed by atoms with Crippen molar-refractivity contribution in [3.8, 4) is 17.2 Å². The van der Waals surface area contributed by atoms with Crippen molar-refractivity contribution in [1.29, 1.82) is 0 Å². The highest BCUT2D eigenvalue weighted by Crippen LogP contribution is 2.25. The third kappa shape index (κ3) is 5.24. The molecule has 28 heavy (non-hydrogen) atoms. The van der Waals surface area contributed by atoms with E-state index in [0.29, 0.717) is 5.56 Å². The Labute approximate surface area is 165 Å². The number of benzene rings is 3. The highest BCUT2D eigenvalue weighted by Gasteiger charge is 2.01. The molecule has 0 saturated carbocycles. The van der Waals surface area contributed by atoms with Gasteiger partial charge in [-0.25, -0.2) is 0 Å². The van der Waals surface area contributed by atoms with E-state index in [2.05, 4.69) is 12.2 Å². The standard InChI is InChI=1S/C24H23NO3/c1-3-18-4-6-19(7-5-18)24(26)16-17-25-20-8-10-22(11-9-20)28-23-14-12-21(27-2)13-15-23/h4-17,25H,3H2,1-2H3/b17-16+. The van der Waals surface area contributed by atoms with Gasteiger partial charge in [0, 0.05) is 23.5 Å². The second-order valence-corrected chi connectivity index (χ2v) is 6.19. The first kappa shape index (κ1) is 19.2. The van der Waals surface area contributed by atoms with Gasteiger partial charge in [-0.15, -0.1) is 0 Å². The SMILES string of the molecule is CCc1ccc(C(=O)/C=C/Nc2ccc(Oc3ccc(OC)cc3)cc2)cc1. The average molecular weight is 373 g/mol. The molecule has 3 aromatic carbocycles. The van der Waals surface area contributed by atoms with E-state index in [1.54, 1.807) is 13.3 Å². The highest BCUT2D eigenvalue weighted by atomic mass is 16.5. The van der Waals surface area contributed by atoms with Crippen molar-refractivity contribution in [2.75, 3.05) is 12.4 Å². The van der Waals surface area contributed by atoms with Crippen LogP contribution in [0.15, 0.2) is 85.1 Å². The van der Waals surface area contributed by atoms with E-state index in [9.17, 15) is 4.79 Å². The van der Waals surface area contributed by atoms with Crippen molar-refractivity contribution >= 4 is 11.5 Å². The molecule has 3 rings (SSSR count). The van der Waals surface area contributed by atoms with Crippen LogP contribution < -0.4 is 14.8 Å². The van der Waals surface area contributed by atoms with Crippen molar-refractivity contribution in [2.45, 2.75) is 13.3 Å². The summed E-state index contributed by atoms with van der Waals surface area (Å²) in [5, 5.41) is 3.10. The van der Waals surface area contributed by atoms with Crippen LogP contribution in [0.3, 0.4) is 0 Å². The van der Waals surface area contributed by atoms with Crippen LogP contribution in [-0.2, 0) is 6.42 Å². The van der Waals surface area contributed by atoms with Gasteiger partial charge in [0.25, 0.3) is 0 Å². The number of methoxy groups -OCH3 is 1. The van der Waals surface area contributed by atoms with Crippen LogP contribution in [0.25, 0.3) is 0 Å². The van der Waals surface area contributed by atoms with E-state index in [-0.39, 0.29) is 5.78 Å². The molecule has 3 aromatic rings. The predicted molar refractivity (Wildman–Crippen MR) is 112 cm³/mol. The number of ether oxygens (including phenoxy) is 2. The minimum Gasteiger partial charge on any atom is -0.497 e. The largest absolute Gasteiger partial charge is 0.497 e. The molecule has 0 aliphatic rings. The first-order valence-electron chi connectivity index (χ1n) is 9.16. The second-order valence-electron chi connectivity index (χ2n) is 6.19. The lowest BCUT2D eigenvalue weighted by Crippen LogP contribution is -1.96. The van der Waals surface area contributed by atoms with Crippen molar-refractivity contribution in [2.24, 2.45) is 0 Å². The number of aryl methyl sites for hydroxylation is 1. The third-order valence-corrected chi connectivity index (χ3v) is 4.28. The van der Waals surface area contributed by atoms with Crippen LogP contribution in [-0.4, -0.2) is 12.9 Å². The smallest absolute Gasteiger partial charge is 0.187 e. The molecule has 0 atom stereocenters. The molecule has 0 unspecified atom stereocenters. The van der Waals surface area contributed by atoms with Crippen molar-refractivity contribution in [3.63, 3.8) is 0 Å². The maximum atomic E-state index is 12.2. The number of carbonyl (C=O) groups is 1. The maximum absolute atomic E-state index is 12.2. The van der Waals surface area contributed by atoms with Gasteiger partial charge in [-0.3, -0.25) is 4.79 Å². The quantitative estimate of drug-likeness (QED) is 0.397. The van der Waals surface area contributed by atoms with Crippen molar-refractivity contribution in [3.05, 3.63) is 96.2 Å². The lowest BCUT2D eigenvalue weighted by atomic mass is 10.1. The molecular formula is C24H23NO3. The minimum atomic E-state index is -0.0328. The van der Waals surface area contributed by atoms with Gasteiger partial charge in [0.15, 0.2) is 5.78 Å². The number of hydrogen-bond acceptors (Lipinski definition) is 4. The normalized spacial score (nSPS) is 10.6. The predicted octanol–water partition coefficient (Wildman–Crippen LogP) is 5.86. The summed E-state index contributed by atoms with van der Waals surface area (Å²) in [5.41, 5.74) is 2.77. The topological polar surface area (TPSA) is 47.6 Å². The zero-order chi connectivity index (χ0) is 19.8. The first-order chi connectivity index (χ1) is 13.7. The summed E-state index contributed by atoms with van der Waals surface area (Å²) >= 11 is 0. The fourth-order valence-corrected chi connectivity index (χ4v) is 2.61. The minimum absolute atomic E-state index is 0.0328. The second kappa shape index (κ2) is 9.42. The van der Waals surface area contributed by atoms with Gasteiger partial charge in [0.05, 0.1) is 7.11 Å². The Kier molecular flexibility index (Phi) is 6.47. The number of allylic oxidation sites excluding steroid dienone is 1. The number of rotatable bonds is 8. The van der Waals surface area contributed by atoms with E-state index in [0.717, 1.165) is 29.4 Å². The number of hydrogen-bond donors (Lipinski definition) is 1. The Hall–Kier alpha value is -3.53. The summed E-state index contributed by atoms with van der Waals surface area (Å²) in [6, 6.07) is 22.6. The van der Waals surface area contributed by atoms with E-state index >= 15 is 0 Å². The van der Waals surface area contributed by atoms with Gasteiger partial charge in [0.2, 0.25) is 0 Å². The third-order valence-electron chi connectivity index (χ3n) is 4.28. The van der Waals surface area contributed by atoms with Gasteiger partial charge in [-0.05, 0) is 60.5 Å². The molecule has 0 amide bonds. The van der Waals surface area contributed by atoms with Crippen LogP contribution in [0.2, 0.25) is 0 Å². The van der Waals surface area contributed by atoms with E-state index in [4.69, 9.17) is 9.47 Å². The molecular weight excluding hydrogens is 350 g/mol. The highest BCUT2D eigenvalue weighted by molar-refractivity contribution is 6.04. The molecule has 0 bridgehead atoms. The lowest BCUT2D eigenvalue weighted by molar-refractivity contribution is 0.104. The summed E-state index contributed by atoms with van der Waals surface area (Å²) in [5.74, 6) is 2.22. The molecule has 0 heterocycles. The van der Waals surface area contributed by atoms with Crippen LogP contribution in [0.4, 0.5) is 5.69 Å². The molecule has 4 heteroatoms. The van der Waals surface area contributed by atoms with Crippen LogP contribution in [0, 0.1) is 0 Å². The molecule has 0 fully saturated rings.